The van der Waals surface area contributed by atoms with Gasteiger partial charge >= 0.3 is 0 Å². The van der Waals surface area contributed by atoms with E-state index in [1.165, 1.54) is 12.1 Å². The van der Waals surface area contributed by atoms with Gasteiger partial charge in [-0.05, 0) is 61.9 Å². The highest BCUT2D eigenvalue weighted by Gasteiger charge is 2.16. The molecule has 0 atom stereocenters. The predicted octanol–water partition coefficient (Wildman–Crippen LogP) is 6.77. The van der Waals surface area contributed by atoms with Crippen LogP contribution in [0, 0.1) is 19.7 Å². The summed E-state index contributed by atoms with van der Waals surface area (Å²) in [5, 5.41) is 19.7. The number of carbonyl (C=O) groups excluding carboxylic acids is 1. The van der Waals surface area contributed by atoms with E-state index < -0.39 is 5.91 Å². The van der Waals surface area contributed by atoms with E-state index in [-0.39, 0.29) is 17.4 Å². The average Bonchev–Trinajstić information content (AvgIpc) is 3.12. The predicted molar refractivity (Wildman–Crippen MR) is 125 cm³/mol. The second kappa shape index (κ2) is 7.94. The molecular weight excluding hydrogens is 419 g/mol. The van der Waals surface area contributed by atoms with Crippen molar-refractivity contribution in [3.8, 4) is 17.1 Å². The first-order valence-corrected chi connectivity index (χ1v) is 10.3. The first kappa shape index (κ1) is 20.5. The van der Waals surface area contributed by atoms with Gasteiger partial charge in [0.1, 0.15) is 5.82 Å². The number of hydrogen-bond donors (Lipinski definition) is 2. The minimum atomic E-state index is -0.574. The molecule has 1 amide bonds. The van der Waals surface area contributed by atoms with Crippen molar-refractivity contribution >= 4 is 33.4 Å². The minimum absolute atomic E-state index is 0.151. The van der Waals surface area contributed by atoms with Gasteiger partial charge in [-0.25, -0.2) is 9.37 Å². The highest BCUT2D eigenvalue weighted by atomic mass is 19.1. The third-order valence-corrected chi connectivity index (χ3v) is 5.53. The van der Waals surface area contributed by atoms with Crippen molar-refractivity contribution in [2.45, 2.75) is 13.8 Å². The number of halogens is 1. The molecule has 0 bridgehead atoms. The van der Waals surface area contributed by atoms with Crippen molar-refractivity contribution in [1.29, 1.82) is 0 Å². The number of azo groups is 1. The van der Waals surface area contributed by atoms with Crippen LogP contribution in [-0.2, 0) is 0 Å². The molecule has 5 rings (SSSR count). The molecule has 0 aliphatic heterocycles. The number of carbonyl (C=O) groups is 1. The number of amides is 1. The Labute approximate surface area is 188 Å². The van der Waals surface area contributed by atoms with Crippen LogP contribution >= 0.6 is 0 Å². The summed E-state index contributed by atoms with van der Waals surface area (Å²) < 4.78 is 13.4. The Morgan fingerprint density at radius 3 is 2.55 bits per heavy atom. The fourth-order valence-corrected chi connectivity index (χ4v) is 4.00. The Hall–Kier alpha value is -4.39. The number of benzene rings is 3. The molecule has 0 aliphatic rings. The lowest BCUT2D eigenvalue weighted by atomic mass is 10.0. The number of hydrogen-bond acceptors (Lipinski definition) is 4. The van der Waals surface area contributed by atoms with Gasteiger partial charge in [-0.1, -0.05) is 29.8 Å². The number of H-pyrrole nitrogens is 1. The van der Waals surface area contributed by atoms with Gasteiger partial charge in [0.05, 0.1) is 22.3 Å². The molecule has 0 spiro atoms. The van der Waals surface area contributed by atoms with Crippen LogP contribution in [0.5, 0.6) is 5.88 Å². The summed E-state index contributed by atoms with van der Waals surface area (Å²) in [6.45, 7) is 3.88. The van der Waals surface area contributed by atoms with Crippen molar-refractivity contribution < 1.29 is 14.3 Å². The summed E-state index contributed by atoms with van der Waals surface area (Å²) in [5.41, 5.74) is 5.04. The smallest absolute Gasteiger partial charge is 0.296 e. The number of nitrogens with zero attached hydrogens (tertiary/aromatic N) is 3. The van der Waals surface area contributed by atoms with Crippen molar-refractivity contribution in [2.75, 3.05) is 0 Å². The van der Waals surface area contributed by atoms with Gasteiger partial charge in [-0.15, -0.1) is 10.2 Å². The van der Waals surface area contributed by atoms with Crippen molar-refractivity contribution in [3.63, 3.8) is 0 Å². The summed E-state index contributed by atoms with van der Waals surface area (Å²) >= 11 is 0. The van der Waals surface area contributed by atoms with Crippen molar-refractivity contribution in [2.24, 2.45) is 10.2 Å². The number of nitrogens with one attached hydrogen (secondary N) is 1. The normalized spacial score (nSPS) is 11.6. The molecule has 0 aliphatic carbocycles. The first-order chi connectivity index (χ1) is 15.9. The Morgan fingerprint density at radius 1 is 1.00 bits per heavy atom. The summed E-state index contributed by atoms with van der Waals surface area (Å²) in [4.78, 5) is 20.6. The highest BCUT2D eigenvalue weighted by molar-refractivity contribution is 6.07. The number of aryl methyl sites for hydroxylation is 2. The summed E-state index contributed by atoms with van der Waals surface area (Å²) in [7, 11) is 0. The molecule has 2 aromatic heterocycles. The molecule has 2 N–H and O–H groups in total. The third kappa shape index (κ3) is 3.74. The molecule has 162 valence electrons. The maximum Gasteiger partial charge on any atom is 0.296 e. The zero-order valence-electron chi connectivity index (χ0n) is 17.9. The number of aromatic amines is 1. The van der Waals surface area contributed by atoms with Gasteiger partial charge in [-0.2, -0.15) is 0 Å². The lowest BCUT2D eigenvalue weighted by Crippen LogP contribution is -1.99. The number of rotatable bonds is 3. The van der Waals surface area contributed by atoms with Crippen LogP contribution < -0.4 is 0 Å². The second-order valence-electron chi connectivity index (χ2n) is 7.91. The lowest BCUT2D eigenvalue weighted by molar-refractivity contribution is 0.0996. The second-order valence-corrected chi connectivity index (χ2v) is 7.91. The van der Waals surface area contributed by atoms with E-state index in [0.717, 1.165) is 16.6 Å². The van der Waals surface area contributed by atoms with Crippen LogP contribution in [0.1, 0.15) is 21.5 Å². The standard InChI is InChI=1S/C26H19FN4O2/c1-14-11-15(2)23-20(12-14)24(26(33)29-23)30-31-25(32)19-13-22(16-7-9-17(27)10-8-16)28-21-6-4-3-5-18(19)21/h3-13,29,33H,1-2H3. The van der Waals surface area contributed by atoms with E-state index in [1.54, 1.807) is 30.3 Å². The van der Waals surface area contributed by atoms with Crippen LogP contribution in [0.15, 0.2) is 77.0 Å². The van der Waals surface area contributed by atoms with Gasteiger partial charge in [0, 0.05) is 16.3 Å². The molecule has 0 radical (unpaired) electrons. The summed E-state index contributed by atoms with van der Waals surface area (Å²) in [5.74, 6) is -1.08. The molecule has 0 saturated heterocycles. The maximum absolute atomic E-state index is 13.4. The lowest BCUT2D eigenvalue weighted by Gasteiger charge is -2.07. The van der Waals surface area contributed by atoms with E-state index in [2.05, 4.69) is 20.2 Å². The highest BCUT2D eigenvalue weighted by Crippen LogP contribution is 2.37. The molecule has 3 aromatic carbocycles. The topological polar surface area (TPSA) is 90.7 Å². The quantitative estimate of drug-likeness (QED) is 0.305. The average molecular weight is 438 g/mol. The van der Waals surface area contributed by atoms with Crippen LogP contribution in [-0.4, -0.2) is 21.0 Å². The largest absolute Gasteiger partial charge is 0.493 e. The molecule has 5 aromatic rings. The van der Waals surface area contributed by atoms with Gasteiger partial charge in [-0.3, -0.25) is 4.79 Å². The Balaban J connectivity index is 1.60. The van der Waals surface area contributed by atoms with Gasteiger partial charge in [0.15, 0.2) is 5.69 Å². The summed E-state index contributed by atoms with van der Waals surface area (Å²) in [6.07, 6.45) is 0. The number of para-hydroxylation sites is 1. The number of pyridine rings is 1. The van der Waals surface area contributed by atoms with E-state index in [4.69, 9.17) is 0 Å². The zero-order chi connectivity index (χ0) is 23.1. The van der Waals surface area contributed by atoms with E-state index in [0.29, 0.717) is 33.1 Å². The molecule has 2 heterocycles. The molecule has 0 saturated carbocycles. The maximum atomic E-state index is 13.4. The first-order valence-electron chi connectivity index (χ1n) is 10.3. The molecule has 0 fully saturated rings. The fraction of sp³-hybridized carbons (Fsp3) is 0.0769. The molecule has 33 heavy (non-hydrogen) atoms. The summed E-state index contributed by atoms with van der Waals surface area (Å²) in [6, 6.07) is 18.6. The van der Waals surface area contributed by atoms with Crippen LogP contribution in [0.2, 0.25) is 0 Å². The Bertz CT molecular complexity index is 1570. The van der Waals surface area contributed by atoms with E-state index in [9.17, 15) is 14.3 Å². The van der Waals surface area contributed by atoms with E-state index >= 15 is 0 Å². The number of aromatic nitrogens is 2. The van der Waals surface area contributed by atoms with Crippen molar-refractivity contribution in [1.82, 2.24) is 9.97 Å². The van der Waals surface area contributed by atoms with Crippen LogP contribution in [0.25, 0.3) is 33.1 Å². The molecule has 7 heteroatoms. The van der Waals surface area contributed by atoms with Crippen LogP contribution in [0.3, 0.4) is 0 Å². The number of aromatic hydroxyl groups is 1. The van der Waals surface area contributed by atoms with Crippen molar-refractivity contribution in [3.05, 3.63) is 89.2 Å². The molecule has 6 nitrogen and oxygen atoms in total. The minimum Gasteiger partial charge on any atom is -0.493 e. The van der Waals surface area contributed by atoms with Gasteiger partial charge in [0.25, 0.3) is 5.91 Å². The third-order valence-electron chi connectivity index (χ3n) is 5.53. The Morgan fingerprint density at radius 2 is 1.76 bits per heavy atom. The number of fused-ring (bicyclic) bond motifs is 2. The molecule has 0 unspecified atom stereocenters. The fourth-order valence-electron chi connectivity index (χ4n) is 4.00. The SMILES string of the molecule is Cc1cc(C)c2[nH]c(O)c(N=NC(=O)c3cc(-c4ccc(F)cc4)nc4ccccc34)c2c1. The molecular formula is C26H19FN4O2. The van der Waals surface area contributed by atoms with Gasteiger partial charge < -0.3 is 10.1 Å². The monoisotopic (exact) mass is 438 g/mol. The zero-order valence-corrected chi connectivity index (χ0v) is 17.9. The van der Waals surface area contributed by atoms with E-state index in [1.807, 2.05) is 38.1 Å². The van der Waals surface area contributed by atoms with Gasteiger partial charge in [0.2, 0.25) is 5.88 Å². The van der Waals surface area contributed by atoms with Crippen LogP contribution in [0.4, 0.5) is 10.1 Å². The Kier molecular flexibility index (Phi) is 4.94.